The molecule has 2 aromatic carbocycles. The van der Waals surface area contributed by atoms with E-state index in [0.717, 1.165) is 11.1 Å². The molecular formula is C22H27FN2O2. The van der Waals surface area contributed by atoms with E-state index in [-0.39, 0.29) is 36.0 Å². The van der Waals surface area contributed by atoms with Gasteiger partial charge in [-0.3, -0.25) is 9.59 Å². The Morgan fingerprint density at radius 1 is 1.00 bits per heavy atom. The van der Waals surface area contributed by atoms with E-state index >= 15 is 0 Å². The Bertz CT molecular complexity index is 745. The molecular weight excluding hydrogens is 343 g/mol. The molecule has 0 spiro atoms. The van der Waals surface area contributed by atoms with Crippen LogP contribution in [0.5, 0.6) is 0 Å². The van der Waals surface area contributed by atoms with E-state index in [9.17, 15) is 14.0 Å². The van der Waals surface area contributed by atoms with Crippen molar-refractivity contribution < 1.29 is 14.0 Å². The summed E-state index contributed by atoms with van der Waals surface area (Å²) in [5.74, 6) is -0.384. The lowest BCUT2D eigenvalue weighted by atomic mass is 9.96. The molecule has 0 unspecified atom stereocenters. The topological polar surface area (TPSA) is 58.2 Å². The second-order valence-corrected chi connectivity index (χ2v) is 7.07. The quantitative estimate of drug-likeness (QED) is 0.711. The van der Waals surface area contributed by atoms with Crippen LogP contribution in [-0.4, -0.2) is 24.3 Å². The molecule has 2 N–H and O–H groups in total. The van der Waals surface area contributed by atoms with Gasteiger partial charge in [-0.2, -0.15) is 0 Å². The van der Waals surface area contributed by atoms with Crippen LogP contribution >= 0.6 is 0 Å². The first-order valence-corrected chi connectivity index (χ1v) is 9.19. The highest BCUT2D eigenvalue weighted by Crippen LogP contribution is 2.21. The number of benzene rings is 2. The zero-order valence-corrected chi connectivity index (χ0v) is 16.0. The van der Waals surface area contributed by atoms with E-state index in [4.69, 9.17) is 0 Å². The Morgan fingerprint density at radius 3 is 2.19 bits per heavy atom. The van der Waals surface area contributed by atoms with Crippen molar-refractivity contribution in [2.75, 3.05) is 6.54 Å². The van der Waals surface area contributed by atoms with Crippen molar-refractivity contribution in [2.45, 2.75) is 39.3 Å². The molecule has 0 saturated heterocycles. The standard InChI is InChI=1S/C22H27FN2O2/c1-15(2)22(18-9-11-19(23)12-10-18)24-14-21(27)25-20(16(3)26)13-17-7-5-4-6-8-17/h4-12,15,20,22,24H,13-14H2,1-3H3,(H,25,27)/t20-,22+/m1/s1. The molecule has 1 amide bonds. The summed E-state index contributed by atoms with van der Waals surface area (Å²) in [5, 5.41) is 6.03. The van der Waals surface area contributed by atoms with E-state index in [1.807, 2.05) is 44.2 Å². The first kappa shape index (κ1) is 20.8. The summed E-state index contributed by atoms with van der Waals surface area (Å²) in [4.78, 5) is 24.3. The molecule has 0 saturated carbocycles. The van der Waals surface area contributed by atoms with Crippen molar-refractivity contribution in [3.05, 3.63) is 71.5 Å². The number of rotatable bonds is 9. The summed E-state index contributed by atoms with van der Waals surface area (Å²) in [6.45, 7) is 5.63. The molecule has 0 aliphatic rings. The molecule has 2 aromatic rings. The van der Waals surface area contributed by atoms with Crippen LogP contribution in [0.15, 0.2) is 54.6 Å². The molecule has 27 heavy (non-hydrogen) atoms. The summed E-state index contributed by atoms with van der Waals surface area (Å²) in [6, 6.07) is 15.2. The summed E-state index contributed by atoms with van der Waals surface area (Å²) in [6.07, 6.45) is 0.466. The highest BCUT2D eigenvalue weighted by Gasteiger charge is 2.20. The van der Waals surface area contributed by atoms with Crippen LogP contribution in [0.25, 0.3) is 0 Å². The van der Waals surface area contributed by atoms with Crippen LogP contribution in [0.2, 0.25) is 0 Å². The Kier molecular flexibility index (Phi) is 7.67. The molecule has 0 fully saturated rings. The predicted octanol–water partition coefficient (Wildman–Crippen LogP) is 3.43. The highest BCUT2D eigenvalue weighted by molar-refractivity contribution is 5.88. The fraction of sp³-hybridized carbons (Fsp3) is 0.364. The Balaban J connectivity index is 1.95. The summed E-state index contributed by atoms with van der Waals surface area (Å²) >= 11 is 0. The average Bonchev–Trinajstić information content (AvgIpc) is 2.63. The number of carbonyl (C=O) groups is 2. The number of amides is 1. The Hall–Kier alpha value is -2.53. The molecule has 5 heteroatoms. The van der Waals surface area contributed by atoms with E-state index in [2.05, 4.69) is 10.6 Å². The molecule has 2 atom stereocenters. The number of ketones is 1. The maximum atomic E-state index is 13.1. The van der Waals surface area contributed by atoms with Gasteiger partial charge in [-0.1, -0.05) is 56.3 Å². The number of nitrogens with one attached hydrogen (secondary N) is 2. The second kappa shape index (κ2) is 9.97. The summed E-state index contributed by atoms with van der Waals surface area (Å²) < 4.78 is 13.1. The molecule has 0 bridgehead atoms. The molecule has 0 radical (unpaired) electrons. The van der Waals surface area contributed by atoms with Crippen LogP contribution in [0.4, 0.5) is 4.39 Å². The average molecular weight is 370 g/mol. The summed E-state index contributed by atoms with van der Waals surface area (Å²) in [5.41, 5.74) is 1.92. The van der Waals surface area contributed by atoms with Gasteiger partial charge in [0, 0.05) is 6.04 Å². The maximum Gasteiger partial charge on any atom is 0.234 e. The minimum absolute atomic E-state index is 0.0776. The van der Waals surface area contributed by atoms with Crippen molar-refractivity contribution in [1.82, 2.24) is 10.6 Å². The summed E-state index contributed by atoms with van der Waals surface area (Å²) in [7, 11) is 0. The van der Waals surface area contributed by atoms with E-state index < -0.39 is 6.04 Å². The van der Waals surface area contributed by atoms with Crippen molar-refractivity contribution in [2.24, 2.45) is 5.92 Å². The van der Waals surface area contributed by atoms with Crippen LogP contribution in [0.3, 0.4) is 0 Å². The molecule has 2 rings (SSSR count). The number of halogens is 1. The van der Waals surface area contributed by atoms with Crippen LogP contribution in [0, 0.1) is 11.7 Å². The van der Waals surface area contributed by atoms with Gasteiger partial charge in [0.05, 0.1) is 12.6 Å². The molecule has 0 aliphatic heterocycles. The third-order valence-corrected chi connectivity index (χ3v) is 4.49. The van der Waals surface area contributed by atoms with Gasteiger partial charge in [-0.15, -0.1) is 0 Å². The fourth-order valence-electron chi connectivity index (χ4n) is 3.00. The van der Waals surface area contributed by atoms with Crippen molar-refractivity contribution in [3.63, 3.8) is 0 Å². The van der Waals surface area contributed by atoms with Gasteiger partial charge in [0.2, 0.25) is 5.91 Å². The van der Waals surface area contributed by atoms with Crippen molar-refractivity contribution in [3.8, 4) is 0 Å². The van der Waals surface area contributed by atoms with Gasteiger partial charge in [0.25, 0.3) is 0 Å². The third kappa shape index (κ3) is 6.61. The number of hydrogen-bond acceptors (Lipinski definition) is 3. The largest absolute Gasteiger partial charge is 0.345 e. The number of hydrogen-bond donors (Lipinski definition) is 2. The number of carbonyl (C=O) groups excluding carboxylic acids is 2. The minimum atomic E-state index is -0.551. The molecule has 4 nitrogen and oxygen atoms in total. The van der Waals surface area contributed by atoms with Gasteiger partial charge in [0.15, 0.2) is 5.78 Å². The van der Waals surface area contributed by atoms with Gasteiger partial charge in [-0.05, 0) is 42.5 Å². The zero-order chi connectivity index (χ0) is 19.8. The fourth-order valence-corrected chi connectivity index (χ4v) is 3.00. The third-order valence-electron chi connectivity index (χ3n) is 4.49. The van der Waals surface area contributed by atoms with Gasteiger partial charge in [-0.25, -0.2) is 4.39 Å². The molecule has 0 aromatic heterocycles. The van der Waals surface area contributed by atoms with Crippen molar-refractivity contribution >= 4 is 11.7 Å². The first-order chi connectivity index (χ1) is 12.9. The SMILES string of the molecule is CC(=O)[C@@H](Cc1ccccc1)NC(=O)CN[C@H](c1ccc(F)cc1)C(C)C. The lowest BCUT2D eigenvalue weighted by Crippen LogP contribution is -2.45. The maximum absolute atomic E-state index is 13.1. The first-order valence-electron chi connectivity index (χ1n) is 9.19. The molecule has 144 valence electrons. The second-order valence-electron chi connectivity index (χ2n) is 7.07. The van der Waals surface area contributed by atoms with Crippen LogP contribution in [0.1, 0.15) is 37.9 Å². The smallest absolute Gasteiger partial charge is 0.234 e. The van der Waals surface area contributed by atoms with E-state index in [0.29, 0.717) is 6.42 Å². The minimum Gasteiger partial charge on any atom is -0.345 e. The predicted molar refractivity (Wildman–Crippen MR) is 105 cm³/mol. The van der Waals surface area contributed by atoms with E-state index in [1.165, 1.54) is 19.1 Å². The Labute approximate surface area is 160 Å². The van der Waals surface area contributed by atoms with Gasteiger partial charge in [0.1, 0.15) is 5.82 Å². The normalized spacial score (nSPS) is 13.2. The molecule has 0 heterocycles. The van der Waals surface area contributed by atoms with Crippen LogP contribution < -0.4 is 10.6 Å². The van der Waals surface area contributed by atoms with Crippen LogP contribution in [-0.2, 0) is 16.0 Å². The molecule has 0 aliphatic carbocycles. The number of Topliss-reactive ketones (excluding diaryl/α,β-unsaturated/α-hetero) is 1. The zero-order valence-electron chi connectivity index (χ0n) is 16.0. The lowest BCUT2D eigenvalue weighted by Gasteiger charge is -2.23. The lowest BCUT2D eigenvalue weighted by molar-refractivity contribution is -0.126. The van der Waals surface area contributed by atoms with Crippen molar-refractivity contribution in [1.29, 1.82) is 0 Å². The van der Waals surface area contributed by atoms with E-state index in [1.54, 1.807) is 12.1 Å². The highest BCUT2D eigenvalue weighted by atomic mass is 19.1. The monoisotopic (exact) mass is 370 g/mol. The Morgan fingerprint density at radius 2 is 1.63 bits per heavy atom. The van der Waals surface area contributed by atoms with Gasteiger partial charge < -0.3 is 10.6 Å². The van der Waals surface area contributed by atoms with Gasteiger partial charge >= 0.3 is 0 Å².